The van der Waals surface area contributed by atoms with Crippen LogP contribution in [0.2, 0.25) is 0 Å². The number of hydrogen-bond donors (Lipinski definition) is 2. The molecule has 2 N–H and O–H groups in total. The Labute approximate surface area is 161 Å². The minimum atomic E-state index is -0.223. The monoisotopic (exact) mass is 375 g/mol. The van der Waals surface area contributed by atoms with Crippen molar-refractivity contribution in [1.29, 1.82) is 0 Å². The summed E-state index contributed by atoms with van der Waals surface area (Å²) in [6.45, 7) is 6.47. The number of likely N-dealkylation sites (tertiary alicyclic amines) is 2. The Balaban J connectivity index is 1.31. The first-order chi connectivity index (χ1) is 13.0. The zero-order valence-corrected chi connectivity index (χ0v) is 16.5. The van der Waals surface area contributed by atoms with Gasteiger partial charge in [-0.1, -0.05) is 12.8 Å². The highest BCUT2D eigenvalue weighted by Gasteiger charge is 2.42. The van der Waals surface area contributed by atoms with Crippen LogP contribution in [0.25, 0.3) is 0 Å². The van der Waals surface area contributed by atoms with Crippen LogP contribution in [0.1, 0.15) is 56.6 Å². The van der Waals surface area contributed by atoms with Gasteiger partial charge in [0.1, 0.15) is 5.82 Å². The van der Waals surface area contributed by atoms with E-state index in [1.54, 1.807) is 0 Å². The number of carbonyl (C=O) groups excluding carboxylic acids is 1. The molecular weight excluding hydrogens is 342 g/mol. The van der Waals surface area contributed by atoms with E-state index in [4.69, 9.17) is 0 Å². The molecule has 7 nitrogen and oxygen atoms in total. The molecule has 4 rings (SSSR count). The predicted molar refractivity (Wildman–Crippen MR) is 102 cm³/mol. The zero-order valence-electron chi connectivity index (χ0n) is 16.5. The van der Waals surface area contributed by atoms with Crippen molar-refractivity contribution in [3.63, 3.8) is 0 Å². The first kappa shape index (κ1) is 18.9. The van der Waals surface area contributed by atoms with Crippen molar-refractivity contribution in [1.82, 2.24) is 25.0 Å². The van der Waals surface area contributed by atoms with Gasteiger partial charge in [0.25, 0.3) is 0 Å². The van der Waals surface area contributed by atoms with Crippen LogP contribution in [0.4, 0.5) is 0 Å². The second-order valence-electron chi connectivity index (χ2n) is 9.10. The van der Waals surface area contributed by atoms with Crippen molar-refractivity contribution in [2.75, 3.05) is 32.7 Å². The number of β-amino-alcohol motifs (C(OH)–C–C–N with tert-alkyl or cyclic N) is 1. The first-order valence-electron chi connectivity index (χ1n) is 10.6. The number of aliphatic hydroxyl groups is 1. The van der Waals surface area contributed by atoms with E-state index < -0.39 is 0 Å². The number of aryl methyl sites for hydroxylation is 1. The van der Waals surface area contributed by atoms with E-state index in [2.05, 4.69) is 20.1 Å². The van der Waals surface area contributed by atoms with Crippen molar-refractivity contribution in [2.24, 2.45) is 11.3 Å². The first-order valence-corrected chi connectivity index (χ1v) is 10.6. The predicted octanol–water partition coefficient (Wildman–Crippen LogP) is 1.52. The third kappa shape index (κ3) is 4.51. The van der Waals surface area contributed by atoms with Gasteiger partial charge in [-0.25, -0.2) is 4.98 Å². The quantitative estimate of drug-likeness (QED) is 0.833. The largest absolute Gasteiger partial charge is 0.392 e. The Hall–Kier alpha value is -1.47. The summed E-state index contributed by atoms with van der Waals surface area (Å²) >= 11 is 0. The number of aromatic amines is 1. The van der Waals surface area contributed by atoms with Gasteiger partial charge in [-0.2, -0.15) is 5.10 Å². The molecule has 3 aliphatic rings. The van der Waals surface area contributed by atoms with Crippen LogP contribution in [0.3, 0.4) is 0 Å². The molecule has 1 aliphatic carbocycles. The van der Waals surface area contributed by atoms with E-state index in [9.17, 15) is 9.90 Å². The Morgan fingerprint density at radius 1 is 1.30 bits per heavy atom. The number of aliphatic hydroxyl groups excluding tert-OH is 1. The summed E-state index contributed by atoms with van der Waals surface area (Å²) in [5, 5.41) is 17.4. The fraction of sp³-hybridized carbons (Fsp3) is 0.850. The highest BCUT2D eigenvalue weighted by atomic mass is 16.3. The van der Waals surface area contributed by atoms with E-state index in [0.717, 1.165) is 63.7 Å². The number of nitrogens with one attached hydrogen (secondary N) is 1. The SMILES string of the molecule is Cc1nc(CC(=O)N2CCC3(CC2)CC(O)CN(CC2CCCC2)C3)n[nH]1. The summed E-state index contributed by atoms with van der Waals surface area (Å²) in [5.74, 6) is 2.25. The smallest absolute Gasteiger partial charge is 0.230 e. The average Bonchev–Trinajstić information content (AvgIpc) is 3.26. The molecule has 1 spiro atoms. The number of nitrogens with zero attached hydrogens (tertiary/aromatic N) is 4. The number of piperidine rings is 2. The Kier molecular flexibility index (Phi) is 5.50. The lowest BCUT2D eigenvalue weighted by atomic mass is 9.71. The van der Waals surface area contributed by atoms with E-state index in [1.807, 2.05) is 11.8 Å². The molecule has 1 unspecified atom stereocenters. The molecule has 3 heterocycles. The highest BCUT2D eigenvalue weighted by molar-refractivity contribution is 5.78. The van der Waals surface area contributed by atoms with Crippen LogP contribution in [-0.2, 0) is 11.2 Å². The number of aromatic nitrogens is 3. The molecule has 0 bridgehead atoms. The molecule has 2 saturated heterocycles. The van der Waals surface area contributed by atoms with Gasteiger partial charge in [0.2, 0.25) is 5.91 Å². The summed E-state index contributed by atoms with van der Waals surface area (Å²) in [6, 6.07) is 0. The molecular formula is C20H33N5O2. The summed E-state index contributed by atoms with van der Waals surface area (Å²) in [7, 11) is 0. The maximum absolute atomic E-state index is 12.6. The Morgan fingerprint density at radius 3 is 2.70 bits per heavy atom. The second kappa shape index (κ2) is 7.87. The van der Waals surface area contributed by atoms with Gasteiger partial charge in [0, 0.05) is 32.7 Å². The van der Waals surface area contributed by atoms with Gasteiger partial charge in [-0.15, -0.1) is 0 Å². The van der Waals surface area contributed by atoms with E-state index in [-0.39, 0.29) is 23.8 Å². The Morgan fingerprint density at radius 2 is 2.04 bits per heavy atom. The molecule has 3 fully saturated rings. The molecule has 1 aromatic rings. The second-order valence-corrected chi connectivity index (χ2v) is 9.10. The van der Waals surface area contributed by atoms with Gasteiger partial charge < -0.3 is 10.0 Å². The number of rotatable bonds is 4. The van der Waals surface area contributed by atoms with Gasteiger partial charge >= 0.3 is 0 Å². The van der Waals surface area contributed by atoms with Crippen molar-refractivity contribution in [3.8, 4) is 0 Å². The van der Waals surface area contributed by atoms with Gasteiger partial charge in [-0.3, -0.25) is 14.8 Å². The lowest BCUT2D eigenvalue weighted by Gasteiger charge is -2.49. The van der Waals surface area contributed by atoms with Crippen molar-refractivity contribution in [2.45, 2.75) is 64.4 Å². The summed E-state index contributed by atoms with van der Waals surface area (Å²) in [6.07, 6.45) is 8.35. The van der Waals surface area contributed by atoms with Crippen LogP contribution in [-0.4, -0.2) is 74.8 Å². The normalized spacial score (nSPS) is 26.7. The highest BCUT2D eigenvalue weighted by Crippen LogP contribution is 2.40. The van der Waals surface area contributed by atoms with Gasteiger partial charge in [0.15, 0.2) is 5.82 Å². The van der Waals surface area contributed by atoms with Crippen LogP contribution in [0, 0.1) is 18.3 Å². The van der Waals surface area contributed by atoms with Crippen molar-refractivity contribution in [3.05, 3.63) is 11.6 Å². The van der Waals surface area contributed by atoms with Gasteiger partial charge in [0.05, 0.1) is 12.5 Å². The third-order valence-electron chi connectivity index (χ3n) is 6.82. The fourth-order valence-corrected chi connectivity index (χ4v) is 5.47. The zero-order chi connectivity index (χ0) is 18.9. The van der Waals surface area contributed by atoms with Crippen molar-refractivity contribution < 1.29 is 9.90 Å². The van der Waals surface area contributed by atoms with Crippen LogP contribution >= 0.6 is 0 Å². The third-order valence-corrected chi connectivity index (χ3v) is 6.82. The van der Waals surface area contributed by atoms with E-state index in [0.29, 0.717) is 5.82 Å². The number of amides is 1. The lowest BCUT2D eigenvalue weighted by Crippen LogP contribution is -2.55. The maximum Gasteiger partial charge on any atom is 0.230 e. The lowest BCUT2D eigenvalue weighted by molar-refractivity contribution is -0.134. The molecule has 150 valence electrons. The number of H-pyrrole nitrogens is 1. The van der Waals surface area contributed by atoms with E-state index in [1.165, 1.54) is 25.7 Å². The maximum atomic E-state index is 12.6. The minimum Gasteiger partial charge on any atom is -0.392 e. The minimum absolute atomic E-state index is 0.114. The summed E-state index contributed by atoms with van der Waals surface area (Å²) in [4.78, 5) is 21.3. The van der Waals surface area contributed by atoms with Crippen LogP contribution < -0.4 is 0 Å². The molecule has 1 aromatic heterocycles. The van der Waals surface area contributed by atoms with Gasteiger partial charge in [-0.05, 0) is 50.4 Å². The summed E-state index contributed by atoms with van der Waals surface area (Å²) in [5.41, 5.74) is 0.175. The average molecular weight is 376 g/mol. The summed E-state index contributed by atoms with van der Waals surface area (Å²) < 4.78 is 0. The van der Waals surface area contributed by atoms with E-state index >= 15 is 0 Å². The molecule has 27 heavy (non-hydrogen) atoms. The topological polar surface area (TPSA) is 85.3 Å². The standard InChI is InChI=1S/C20H33N5O2/c1-15-21-18(23-22-15)10-19(27)25-8-6-20(7-9-25)11-17(26)13-24(14-20)12-16-4-2-3-5-16/h16-17,26H,2-14H2,1H3,(H,21,22,23). The molecule has 2 aliphatic heterocycles. The molecule has 0 aromatic carbocycles. The number of hydrogen-bond acceptors (Lipinski definition) is 5. The van der Waals surface area contributed by atoms with Crippen molar-refractivity contribution >= 4 is 5.91 Å². The molecule has 0 radical (unpaired) electrons. The molecule has 1 atom stereocenters. The van der Waals surface area contributed by atoms with Crippen LogP contribution in [0.5, 0.6) is 0 Å². The number of carbonyl (C=O) groups is 1. The van der Waals surface area contributed by atoms with Crippen LogP contribution in [0.15, 0.2) is 0 Å². The molecule has 1 amide bonds. The molecule has 1 saturated carbocycles. The fourth-order valence-electron chi connectivity index (χ4n) is 5.47. The molecule has 7 heteroatoms. The Bertz CT molecular complexity index is 647.